The highest BCUT2D eigenvalue weighted by molar-refractivity contribution is 7.89. The molecule has 18 nitrogen and oxygen atoms in total. The van der Waals surface area contributed by atoms with Gasteiger partial charge in [-0.05, 0) is 133 Å². The SMILES string of the molecule is CC(C)(C)OP(=O)(OCON=C1c2ccc(S(=O)(=O)N3CCCCCC3)cc2C(=NOCOP(=O)(OC(C)(C)C)OC(C)(C)C)c2ccc(S(=O)(=O)N3CCCCCC3)cc21)OC(C)(C)C. The Bertz CT molecular complexity index is 2200. The van der Waals surface area contributed by atoms with Crippen LogP contribution in [0.5, 0.6) is 0 Å². The summed E-state index contributed by atoms with van der Waals surface area (Å²) in [6.07, 6.45) is 6.52. The monoisotopic (exact) mass is 1000 g/mol. The average Bonchev–Trinajstić information content (AvgIpc) is 3.62. The van der Waals surface area contributed by atoms with Crippen molar-refractivity contribution < 1.29 is 62.8 Å². The third kappa shape index (κ3) is 15.2. The van der Waals surface area contributed by atoms with Gasteiger partial charge in [-0.15, -0.1) is 0 Å². The van der Waals surface area contributed by atoms with Gasteiger partial charge in [0.15, 0.2) is 0 Å². The predicted molar refractivity (Wildman–Crippen MR) is 251 cm³/mol. The zero-order valence-corrected chi connectivity index (χ0v) is 44.0. The molecule has 2 aromatic carbocycles. The van der Waals surface area contributed by atoms with Crippen LogP contribution in [0.25, 0.3) is 0 Å². The lowest BCUT2D eigenvalue weighted by molar-refractivity contribution is -0.0491. The first-order valence-electron chi connectivity index (χ1n) is 22.4. The number of phosphoric acid groups is 2. The van der Waals surface area contributed by atoms with E-state index < -0.39 is 71.7 Å². The first-order chi connectivity index (χ1) is 30.4. The summed E-state index contributed by atoms with van der Waals surface area (Å²) in [7, 11) is -16.5. The number of hydrogen-bond acceptors (Lipinski definition) is 16. The Morgan fingerprint density at radius 2 is 0.758 bits per heavy atom. The number of hydrogen-bond donors (Lipinski definition) is 0. The molecule has 1 aliphatic carbocycles. The fraction of sp³-hybridized carbons (Fsp3) is 0.682. The van der Waals surface area contributed by atoms with Crippen molar-refractivity contribution in [1.82, 2.24) is 8.61 Å². The van der Waals surface area contributed by atoms with Gasteiger partial charge in [-0.1, -0.05) is 48.1 Å². The summed E-state index contributed by atoms with van der Waals surface area (Å²) in [5.41, 5.74) is -2.58. The zero-order chi connectivity index (χ0) is 49.0. The molecule has 2 aliphatic heterocycles. The van der Waals surface area contributed by atoms with Crippen LogP contribution in [0.3, 0.4) is 0 Å². The smallest absolute Gasteiger partial charge is 0.366 e. The molecule has 22 heteroatoms. The fourth-order valence-electron chi connectivity index (χ4n) is 7.36. The normalized spacial score (nSPS) is 19.3. The summed E-state index contributed by atoms with van der Waals surface area (Å²) in [4.78, 5) is 11.4. The third-order valence-electron chi connectivity index (χ3n) is 9.79. The lowest BCUT2D eigenvalue weighted by Gasteiger charge is -2.30. The minimum absolute atomic E-state index is 0.0271. The molecular formula is C44H70N4O14P2S2. The number of rotatable bonds is 16. The second-order valence-electron chi connectivity index (χ2n) is 20.4. The Hall–Kier alpha value is -2.58. The molecule has 372 valence electrons. The van der Waals surface area contributed by atoms with Gasteiger partial charge < -0.3 is 9.68 Å². The minimum Gasteiger partial charge on any atom is -0.366 e. The van der Waals surface area contributed by atoms with Gasteiger partial charge in [0.25, 0.3) is 0 Å². The maximum atomic E-state index is 14.3. The molecule has 2 saturated heterocycles. The molecule has 2 aromatic rings. The zero-order valence-electron chi connectivity index (χ0n) is 40.6. The van der Waals surface area contributed by atoms with Crippen LogP contribution in [-0.2, 0) is 66.0 Å². The third-order valence-corrected chi connectivity index (χ3v) is 17.5. The van der Waals surface area contributed by atoms with E-state index in [1.165, 1.54) is 45.0 Å². The summed E-state index contributed by atoms with van der Waals surface area (Å²) >= 11 is 0. The van der Waals surface area contributed by atoms with E-state index in [0.717, 1.165) is 25.7 Å². The van der Waals surface area contributed by atoms with Crippen LogP contribution in [-0.4, -0.2) is 99.0 Å². The lowest BCUT2D eigenvalue weighted by Crippen LogP contribution is -2.33. The molecule has 5 rings (SSSR count). The van der Waals surface area contributed by atoms with Crippen LogP contribution in [0.15, 0.2) is 56.5 Å². The molecule has 0 N–H and O–H groups in total. The molecule has 3 aliphatic rings. The van der Waals surface area contributed by atoms with Gasteiger partial charge in [0.1, 0.15) is 11.4 Å². The molecule has 66 heavy (non-hydrogen) atoms. The van der Waals surface area contributed by atoms with E-state index in [0.29, 0.717) is 51.9 Å². The highest BCUT2D eigenvalue weighted by atomic mass is 32.2. The molecule has 2 fully saturated rings. The number of fused-ring (bicyclic) bond motifs is 2. The van der Waals surface area contributed by atoms with E-state index in [-0.39, 0.29) is 43.5 Å². The molecule has 2 heterocycles. The number of sulfonamides is 2. The maximum Gasteiger partial charge on any atom is 0.478 e. The maximum absolute atomic E-state index is 14.3. The molecule has 0 amide bonds. The summed E-state index contributed by atoms with van der Waals surface area (Å²) < 4.78 is 122. The van der Waals surface area contributed by atoms with Crippen LogP contribution in [0, 0.1) is 0 Å². The van der Waals surface area contributed by atoms with Gasteiger partial charge in [0.05, 0.1) is 32.2 Å². The van der Waals surface area contributed by atoms with Crippen molar-refractivity contribution in [2.75, 3.05) is 39.8 Å². The molecule has 0 radical (unpaired) electrons. The van der Waals surface area contributed by atoms with Crippen LogP contribution in [0.4, 0.5) is 0 Å². The van der Waals surface area contributed by atoms with Crippen molar-refractivity contribution in [3.63, 3.8) is 0 Å². The lowest BCUT2D eigenvalue weighted by atomic mass is 9.83. The average molecular weight is 1010 g/mol. The Morgan fingerprint density at radius 3 is 1.03 bits per heavy atom. The molecule has 0 aromatic heterocycles. The van der Waals surface area contributed by atoms with E-state index >= 15 is 0 Å². The van der Waals surface area contributed by atoms with Gasteiger partial charge in [0, 0.05) is 48.4 Å². The molecule has 0 saturated carbocycles. The molecular weight excluding hydrogens is 935 g/mol. The van der Waals surface area contributed by atoms with Crippen molar-refractivity contribution in [2.24, 2.45) is 10.3 Å². The molecule has 0 atom stereocenters. The van der Waals surface area contributed by atoms with Crippen molar-refractivity contribution in [1.29, 1.82) is 0 Å². The van der Waals surface area contributed by atoms with Crippen LogP contribution in [0.1, 0.15) is 157 Å². The minimum atomic E-state index is -4.25. The largest absolute Gasteiger partial charge is 0.478 e. The van der Waals surface area contributed by atoms with Gasteiger partial charge in [-0.3, -0.25) is 18.1 Å². The van der Waals surface area contributed by atoms with E-state index in [4.69, 9.17) is 36.8 Å². The second kappa shape index (κ2) is 21.2. The molecule has 0 unspecified atom stereocenters. The number of oxime groups is 2. The van der Waals surface area contributed by atoms with Gasteiger partial charge in [0.2, 0.25) is 33.6 Å². The Labute approximate surface area is 392 Å². The predicted octanol–water partition coefficient (Wildman–Crippen LogP) is 10.1. The Kier molecular flexibility index (Phi) is 17.5. The van der Waals surface area contributed by atoms with Crippen molar-refractivity contribution in [3.05, 3.63) is 58.7 Å². The molecule has 0 spiro atoms. The van der Waals surface area contributed by atoms with Crippen LogP contribution < -0.4 is 0 Å². The van der Waals surface area contributed by atoms with Crippen LogP contribution in [0.2, 0.25) is 0 Å². The quantitative estimate of drug-likeness (QED) is 0.0566. The summed E-state index contributed by atoms with van der Waals surface area (Å²) in [6, 6.07) is 8.87. The van der Waals surface area contributed by atoms with E-state index in [9.17, 15) is 26.0 Å². The summed E-state index contributed by atoms with van der Waals surface area (Å²) in [5, 5.41) is 8.88. The number of nitrogens with zero attached hydrogens (tertiary/aromatic N) is 4. The standard InChI is InChI=1S/C44H70N4O14P2S2/c1-41(2,3)59-63(49,60-42(4,5)6)57-31-55-45-39-35-23-21-34(66(53,54)48-27-19-15-16-20-28-48)30-38(35)40(46-56-32-58-64(50,61-43(7,8)9)62-44(10,11)12)36-24-22-33(29-37(36)39)65(51,52)47-25-17-13-14-18-26-47/h21-24,29-30H,13-20,25-28,31-32H2,1-12H3. The first kappa shape index (κ1) is 54.4. The van der Waals surface area contributed by atoms with E-state index in [1.54, 1.807) is 83.1 Å². The fourth-order valence-corrected chi connectivity index (χ4v) is 13.8. The van der Waals surface area contributed by atoms with Gasteiger partial charge >= 0.3 is 15.6 Å². The summed E-state index contributed by atoms with van der Waals surface area (Å²) in [6.45, 7) is 20.3. The first-order valence-corrected chi connectivity index (χ1v) is 28.2. The van der Waals surface area contributed by atoms with Crippen molar-refractivity contribution in [2.45, 2.75) is 167 Å². The van der Waals surface area contributed by atoms with Crippen molar-refractivity contribution >= 4 is 47.1 Å². The Morgan fingerprint density at radius 1 is 0.470 bits per heavy atom. The van der Waals surface area contributed by atoms with Crippen molar-refractivity contribution in [3.8, 4) is 0 Å². The van der Waals surface area contributed by atoms with Gasteiger partial charge in [-0.2, -0.15) is 8.61 Å². The molecule has 0 bridgehead atoms. The number of benzene rings is 2. The second-order valence-corrected chi connectivity index (χ2v) is 27.3. The van der Waals surface area contributed by atoms with Crippen LogP contribution >= 0.6 is 15.6 Å². The highest BCUT2D eigenvalue weighted by Gasteiger charge is 2.40. The van der Waals surface area contributed by atoms with E-state index in [1.807, 2.05) is 0 Å². The topological polar surface area (TPSA) is 207 Å². The summed E-state index contributed by atoms with van der Waals surface area (Å²) in [5.74, 6) is 0. The Balaban J connectivity index is 1.66. The highest BCUT2D eigenvalue weighted by Crippen LogP contribution is 2.56. The van der Waals surface area contributed by atoms with Gasteiger partial charge in [-0.25, -0.2) is 35.0 Å². The number of phosphoric ester groups is 2. The van der Waals surface area contributed by atoms with E-state index in [2.05, 4.69) is 10.3 Å².